The van der Waals surface area contributed by atoms with Gasteiger partial charge < -0.3 is 11.1 Å². The Balaban J connectivity index is 2.17. The lowest BCUT2D eigenvalue weighted by Gasteiger charge is -2.29. The fraction of sp³-hybridized carbons (Fsp3) is 1.00. The van der Waals surface area contributed by atoms with Crippen molar-refractivity contribution < 1.29 is 0 Å². The van der Waals surface area contributed by atoms with Crippen LogP contribution in [-0.4, -0.2) is 18.6 Å². The van der Waals surface area contributed by atoms with E-state index in [1.807, 2.05) is 0 Å². The minimum absolute atomic E-state index is 0.629. The fourth-order valence-corrected chi connectivity index (χ4v) is 2.04. The van der Waals surface area contributed by atoms with Gasteiger partial charge in [0.25, 0.3) is 0 Å². The van der Waals surface area contributed by atoms with Crippen molar-refractivity contribution in [2.45, 2.75) is 51.6 Å². The molecule has 0 aromatic carbocycles. The molecule has 0 aromatic rings. The Hall–Kier alpha value is -0.0800. The highest BCUT2D eigenvalue weighted by Gasteiger charge is 2.19. The van der Waals surface area contributed by atoms with Crippen molar-refractivity contribution in [1.82, 2.24) is 5.32 Å². The Morgan fingerprint density at radius 2 is 1.83 bits per heavy atom. The summed E-state index contributed by atoms with van der Waals surface area (Å²) in [6.45, 7) is 5.32. The number of rotatable bonds is 3. The van der Waals surface area contributed by atoms with Gasteiger partial charge in [-0.05, 0) is 38.1 Å². The minimum atomic E-state index is 0.629. The molecule has 0 unspecified atom stereocenters. The van der Waals surface area contributed by atoms with E-state index in [4.69, 9.17) is 5.73 Å². The van der Waals surface area contributed by atoms with Crippen molar-refractivity contribution >= 4 is 0 Å². The van der Waals surface area contributed by atoms with E-state index in [9.17, 15) is 0 Å². The maximum atomic E-state index is 5.63. The summed E-state index contributed by atoms with van der Waals surface area (Å²) < 4.78 is 0. The van der Waals surface area contributed by atoms with Crippen LogP contribution in [0.25, 0.3) is 0 Å². The quantitative estimate of drug-likeness (QED) is 0.673. The predicted molar refractivity (Wildman–Crippen MR) is 53.1 cm³/mol. The number of nitrogens with one attached hydrogen (secondary N) is 1. The average Bonchev–Trinajstić information content (AvgIpc) is 2.05. The van der Waals surface area contributed by atoms with Crippen molar-refractivity contribution in [3.05, 3.63) is 0 Å². The predicted octanol–water partition coefficient (Wildman–Crippen LogP) is 1.50. The molecular formula is C10H22N2. The molecule has 0 bridgehead atoms. The topological polar surface area (TPSA) is 38.0 Å². The second kappa shape index (κ2) is 4.83. The molecule has 0 aliphatic heterocycles. The Labute approximate surface area is 75.9 Å². The van der Waals surface area contributed by atoms with Gasteiger partial charge in [-0.25, -0.2) is 0 Å². The Morgan fingerprint density at radius 3 is 2.25 bits per heavy atom. The van der Waals surface area contributed by atoms with E-state index in [0.717, 1.165) is 18.5 Å². The normalized spacial score (nSPS) is 31.0. The number of nitrogens with two attached hydrogens (primary N) is 1. The highest BCUT2D eigenvalue weighted by Crippen LogP contribution is 2.23. The van der Waals surface area contributed by atoms with Crippen LogP contribution in [0.3, 0.4) is 0 Å². The van der Waals surface area contributed by atoms with E-state index in [-0.39, 0.29) is 0 Å². The molecule has 0 heterocycles. The monoisotopic (exact) mass is 170 g/mol. The first-order chi connectivity index (χ1) is 5.72. The van der Waals surface area contributed by atoms with Crippen LogP contribution in [0.5, 0.6) is 0 Å². The fourth-order valence-electron chi connectivity index (χ4n) is 2.04. The highest BCUT2D eigenvalue weighted by molar-refractivity contribution is 4.78. The molecule has 1 aliphatic rings. The number of hydrogen-bond donors (Lipinski definition) is 2. The highest BCUT2D eigenvalue weighted by atomic mass is 14.9. The third kappa shape index (κ3) is 3.11. The average molecular weight is 170 g/mol. The van der Waals surface area contributed by atoms with Crippen LogP contribution >= 0.6 is 0 Å². The van der Waals surface area contributed by atoms with E-state index in [0.29, 0.717) is 6.04 Å². The first-order valence-electron chi connectivity index (χ1n) is 5.18. The SMILES string of the molecule is CC(C)N[C@H]1CC[C@@H](CN)CC1. The van der Waals surface area contributed by atoms with Gasteiger partial charge in [0.15, 0.2) is 0 Å². The molecule has 1 aliphatic carbocycles. The van der Waals surface area contributed by atoms with E-state index in [1.165, 1.54) is 25.7 Å². The summed E-state index contributed by atoms with van der Waals surface area (Å²) in [6.07, 6.45) is 5.28. The molecule has 1 fully saturated rings. The van der Waals surface area contributed by atoms with Crippen LogP contribution in [0, 0.1) is 5.92 Å². The van der Waals surface area contributed by atoms with Crippen LogP contribution in [0.2, 0.25) is 0 Å². The molecule has 1 saturated carbocycles. The standard InChI is InChI=1S/C10H22N2/c1-8(2)12-10-5-3-9(7-11)4-6-10/h8-10,12H,3-7,11H2,1-2H3/t9-,10+. The zero-order valence-corrected chi connectivity index (χ0v) is 8.34. The molecule has 0 amide bonds. The van der Waals surface area contributed by atoms with E-state index in [1.54, 1.807) is 0 Å². The molecule has 2 nitrogen and oxygen atoms in total. The molecule has 0 aromatic heterocycles. The third-order valence-corrected chi connectivity index (χ3v) is 2.75. The van der Waals surface area contributed by atoms with Gasteiger partial charge in [0.05, 0.1) is 0 Å². The Morgan fingerprint density at radius 1 is 1.25 bits per heavy atom. The zero-order chi connectivity index (χ0) is 8.97. The van der Waals surface area contributed by atoms with Gasteiger partial charge in [-0.1, -0.05) is 13.8 Å². The van der Waals surface area contributed by atoms with Crippen molar-refractivity contribution in [1.29, 1.82) is 0 Å². The van der Waals surface area contributed by atoms with E-state index >= 15 is 0 Å². The summed E-state index contributed by atoms with van der Waals surface area (Å²) in [5, 5.41) is 3.59. The second-order valence-corrected chi connectivity index (χ2v) is 4.27. The first kappa shape index (κ1) is 10.0. The summed E-state index contributed by atoms with van der Waals surface area (Å²) in [4.78, 5) is 0. The smallest absolute Gasteiger partial charge is 0.00696 e. The lowest BCUT2D eigenvalue weighted by atomic mass is 9.86. The molecule has 3 N–H and O–H groups in total. The maximum Gasteiger partial charge on any atom is 0.00696 e. The molecule has 12 heavy (non-hydrogen) atoms. The summed E-state index contributed by atoms with van der Waals surface area (Å²) in [5.74, 6) is 0.801. The van der Waals surface area contributed by atoms with Crippen molar-refractivity contribution in [2.75, 3.05) is 6.54 Å². The van der Waals surface area contributed by atoms with Gasteiger partial charge in [0.2, 0.25) is 0 Å². The van der Waals surface area contributed by atoms with Crippen molar-refractivity contribution in [2.24, 2.45) is 11.7 Å². The van der Waals surface area contributed by atoms with Gasteiger partial charge in [-0.15, -0.1) is 0 Å². The minimum Gasteiger partial charge on any atom is -0.330 e. The molecule has 1 rings (SSSR count). The molecular weight excluding hydrogens is 148 g/mol. The van der Waals surface area contributed by atoms with Gasteiger partial charge >= 0.3 is 0 Å². The second-order valence-electron chi connectivity index (χ2n) is 4.27. The molecule has 2 heteroatoms. The lowest BCUT2D eigenvalue weighted by molar-refractivity contribution is 0.285. The van der Waals surface area contributed by atoms with Crippen LogP contribution < -0.4 is 11.1 Å². The van der Waals surface area contributed by atoms with Gasteiger partial charge in [-0.2, -0.15) is 0 Å². The third-order valence-electron chi connectivity index (χ3n) is 2.75. The lowest BCUT2D eigenvalue weighted by Crippen LogP contribution is -2.38. The van der Waals surface area contributed by atoms with Crippen LogP contribution in [0.1, 0.15) is 39.5 Å². The molecule has 72 valence electrons. The van der Waals surface area contributed by atoms with Crippen molar-refractivity contribution in [3.63, 3.8) is 0 Å². The van der Waals surface area contributed by atoms with Gasteiger partial charge in [0.1, 0.15) is 0 Å². The number of hydrogen-bond acceptors (Lipinski definition) is 2. The van der Waals surface area contributed by atoms with Crippen LogP contribution in [0.15, 0.2) is 0 Å². The summed E-state index contributed by atoms with van der Waals surface area (Å²) in [7, 11) is 0. The van der Waals surface area contributed by atoms with E-state index in [2.05, 4.69) is 19.2 Å². The zero-order valence-electron chi connectivity index (χ0n) is 8.34. The Bertz CT molecular complexity index is 115. The molecule has 0 atom stereocenters. The van der Waals surface area contributed by atoms with Crippen molar-refractivity contribution in [3.8, 4) is 0 Å². The van der Waals surface area contributed by atoms with E-state index < -0.39 is 0 Å². The summed E-state index contributed by atoms with van der Waals surface area (Å²) >= 11 is 0. The summed E-state index contributed by atoms with van der Waals surface area (Å²) in [6, 6.07) is 1.39. The first-order valence-corrected chi connectivity index (χ1v) is 5.18. The molecule has 0 radical (unpaired) electrons. The van der Waals surface area contributed by atoms with Gasteiger partial charge in [0, 0.05) is 12.1 Å². The molecule has 0 spiro atoms. The van der Waals surface area contributed by atoms with Crippen LogP contribution in [0.4, 0.5) is 0 Å². The molecule has 0 saturated heterocycles. The van der Waals surface area contributed by atoms with Crippen LogP contribution in [-0.2, 0) is 0 Å². The van der Waals surface area contributed by atoms with Gasteiger partial charge in [-0.3, -0.25) is 0 Å². The largest absolute Gasteiger partial charge is 0.330 e. The summed E-state index contributed by atoms with van der Waals surface area (Å²) in [5.41, 5.74) is 5.63. The maximum absolute atomic E-state index is 5.63. The Kier molecular flexibility index (Phi) is 4.02.